The number of benzene rings is 1. The highest BCUT2D eigenvalue weighted by molar-refractivity contribution is 5.27. The van der Waals surface area contributed by atoms with E-state index in [0.717, 1.165) is 12.0 Å². The van der Waals surface area contributed by atoms with Crippen molar-refractivity contribution in [2.24, 2.45) is 5.73 Å². The Kier molecular flexibility index (Phi) is 4.74. The molecule has 0 amide bonds. The molecule has 0 aliphatic rings. The van der Waals surface area contributed by atoms with Gasteiger partial charge in [-0.1, -0.05) is 12.1 Å². The Hall–Kier alpha value is -1.30. The minimum Gasteiger partial charge on any atom is -0.428 e. The molecule has 6 heteroatoms. The molecule has 0 radical (unpaired) electrons. The van der Waals surface area contributed by atoms with Crippen molar-refractivity contribution in [1.29, 1.82) is 0 Å². The van der Waals surface area contributed by atoms with Crippen LogP contribution < -0.4 is 10.5 Å². The van der Waals surface area contributed by atoms with Gasteiger partial charge in [-0.25, -0.2) is 0 Å². The fraction of sp³-hybridized carbons (Fsp3) is 0.455. The lowest BCUT2D eigenvalue weighted by molar-refractivity contribution is -0.253. The van der Waals surface area contributed by atoms with E-state index in [0.29, 0.717) is 13.0 Å². The number of ether oxygens (including phenoxy) is 1. The molecule has 0 bridgehead atoms. The average Bonchev–Trinajstić information content (AvgIpc) is 2.27. The second kappa shape index (κ2) is 5.86. The molecule has 17 heavy (non-hydrogen) atoms. The number of hydrogen-bond donors (Lipinski definition) is 1. The molecule has 0 unspecified atom stereocenters. The van der Waals surface area contributed by atoms with Crippen LogP contribution in [0.5, 0.6) is 5.75 Å². The van der Waals surface area contributed by atoms with Crippen molar-refractivity contribution in [2.75, 3.05) is 6.54 Å². The number of alkyl halides is 4. The molecule has 0 spiro atoms. The predicted molar refractivity (Wildman–Crippen MR) is 55.4 cm³/mol. The largest absolute Gasteiger partial charge is 0.461 e. The first-order valence-corrected chi connectivity index (χ1v) is 5.09. The molecule has 0 aromatic heterocycles. The SMILES string of the molecule is NCCCc1ccc(OC(F)(F)C(F)F)cc1. The second-order valence-corrected chi connectivity index (χ2v) is 3.50. The van der Waals surface area contributed by atoms with Gasteiger partial charge in [-0.05, 0) is 37.1 Å². The zero-order valence-corrected chi connectivity index (χ0v) is 9.01. The van der Waals surface area contributed by atoms with E-state index in [1.165, 1.54) is 12.1 Å². The van der Waals surface area contributed by atoms with Gasteiger partial charge >= 0.3 is 12.5 Å². The molecule has 0 heterocycles. The summed E-state index contributed by atoms with van der Waals surface area (Å²) in [6, 6.07) is 5.57. The molecule has 0 saturated heterocycles. The molecule has 1 rings (SSSR count). The zero-order chi connectivity index (χ0) is 12.9. The zero-order valence-electron chi connectivity index (χ0n) is 9.01. The van der Waals surface area contributed by atoms with E-state index in [-0.39, 0.29) is 5.75 Å². The molecule has 1 aromatic rings. The standard InChI is InChI=1S/C11H13F4NO/c12-10(13)11(14,15)17-9-5-3-8(4-6-9)2-1-7-16/h3-6,10H,1-2,7,16H2. The number of aryl methyl sites for hydroxylation is 1. The minimum absolute atomic E-state index is 0.285. The summed E-state index contributed by atoms with van der Waals surface area (Å²) in [5, 5.41) is 0. The topological polar surface area (TPSA) is 35.2 Å². The van der Waals surface area contributed by atoms with Crippen LogP contribution >= 0.6 is 0 Å². The first-order valence-electron chi connectivity index (χ1n) is 5.09. The second-order valence-electron chi connectivity index (χ2n) is 3.50. The van der Waals surface area contributed by atoms with Crippen LogP contribution in [0.25, 0.3) is 0 Å². The maximum Gasteiger partial charge on any atom is 0.461 e. The first-order chi connectivity index (χ1) is 7.95. The summed E-state index contributed by atoms with van der Waals surface area (Å²) in [5.41, 5.74) is 6.21. The number of hydrogen-bond acceptors (Lipinski definition) is 2. The fourth-order valence-corrected chi connectivity index (χ4v) is 1.23. The van der Waals surface area contributed by atoms with Crippen molar-refractivity contribution in [3.8, 4) is 5.75 Å². The lowest BCUT2D eigenvalue weighted by Gasteiger charge is -2.16. The fourth-order valence-electron chi connectivity index (χ4n) is 1.23. The third-order valence-electron chi connectivity index (χ3n) is 2.10. The molecule has 0 aliphatic heterocycles. The Labute approximate surface area is 96.4 Å². The smallest absolute Gasteiger partial charge is 0.428 e. The van der Waals surface area contributed by atoms with Gasteiger partial charge in [0.05, 0.1) is 0 Å². The molecule has 0 aliphatic carbocycles. The summed E-state index contributed by atoms with van der Waals surface area (Å²) < 4.78 is 52.7. The lowest BCUT2D eigenvalue weighted by atomic mass is 10.1. The Bertz CT molecular complexity index is 340. The van der Waals surface area contributed by atoms with Gasteiger partial charge in [-0.3, -0.25) is 0 Å². The van der Waals surface area contributed by atoms with Crippen LogP contribution in [0.4, 0.5) is 17.6 Å². The Balaban J connectivity index is 2.62. The van der Waals surface area contributed by atoms with E-state index < -0.39 is 12.5 Å². The van der Waals surface area contributed by atoms with Crippen LogP contribution in [-0.2, 0) is 6.42 Å². The van der Waals surface area contributed by atoms with Gasteiger partial charge < -0.3 is 10.5 Å². The van der Waals surface area contributed by atoms with Crippen LogP contribution in [0.3, 0.4) is 0 Å². The highest BCUT2D eigenvalue weighted by Gasteiger charge is 2.43. The summed E-state index contributed by atoms with van der Waals surface area (Å²) in [7, 11) is 0. The molecule has 2 nitrogen and oxygen atoms in total. The van der Waals surface area contributed by atoms with Gasteiger partial charge in [0, 0.05) is 0 Å². The first kappa shape index (κ1) is 13.8. The van der Waals surface area contributed by atoms with Crippen molar-refractivity contribution in [2.45, 2.75) is 25.4 Å². The van der Waals surface area contributed by atoms with Crippen LogP contribution in [0.2, 0.25) is 0 Å². The van der Waals surface area contributed by atoms with Crippen LogP contribution in [0, 0.1) is 0 Å². The highest BCUT2D eigenvalue weighted by atomic mass is 19.3. The lowest BCUT2D eigenvalue weighted by Crippen LogP contribution is -2.33. The van der Waals surface area contributed by atoms with Crippen molar-refractivity contribution in [3.05, 3.63) is 29.8 Å². The molecule has 0 fully saturated rings. The van der Waals surface area contributed by atoms with E-state index in [1.54, 1.807) is 12.1 Å². The van der Waals surface area contributed by atoms with Gasteiger partial charge in [-0.2, -0.15) is 17.6 Å². The summed E-state index contributed by atoms with van der Waals surface area (Å²) in [5.74, 6) is -0.285. The number of halogens is 4. The molecular weight excluding hydrogens is 238 g/mol. The summed E-state index contributed by atoms with van der Waals surface area (Å²) >= 11 is 0. The maximum atomic E-state index is 12.5. The minimum atomic E-state index is -4.46. The van der Waals surface area contributed by atoms with Crippen molar-refractivity contribution < 1.29 is 22.3 Å². The van der Waals surface area contributed by atoms with E-state index in [4.69, 9.17) is 5.73 Å². The van der Waals surface area contributed by atoms with Crippen LogP contribution in [-0.4, -0.2) is 19.1 Å². The van der Waals surface area contributed by atoms with E-state index in [2.05, 4.69) is 4.74 Å². The highest BCUT2D eigenvalue weighted by Crippen LogP contribution is 2.27. The Morgan fingerprint density at radius 3 is 2.24 bits per heavy atom. The monoisotopic (exact) mass is 251 g/mol. The predicted octanol–water partition coefficient (Wildman–Crippen LogP) is 2.81. The molecular formula is C11H13F4NO. The Morgan fingerprint density at radius 2 is 1.76 bits per heavy atom. The normalized spacial score (nSPS) is 11.9. The number of nitrogens with two attached hydrogens (primary N) is 1. The van der Waals surface area contributed by atoms with Gasteiger partial charge in [0.15, 0.2) is 0 Å². The quantitative estimate of drug-likeness (QED) is 0.789. The van der Waals surface area contributed by atoms with Gasteiger partial charge in [0.1, 0.15) is 5.75 Å². The van der Waals surface area contributed by atoms with Crippen LogP contribution in [0.1, 0.15) is 12.0 Å². The third-order valence-corrected chi connectivity index (χ3v) is 2.10. The summed E-state index contributed by atoms with van der Waals surface area (Å²) in [4.78, 5) is 0. The molecule has 1 aromatic carbocycles. The summed E-state index contributed by atoms with van der Waals surface area (Å²) in [6.07, 6.45) is -6.83. The van der Waals surface area contributed by atoms with Crippen molar-refractivity contribution in [3.63, 3.8) is 0 Å². The van der Waals surface area contributed by atoms with Crippen molar-refractivity contribution >= 4 is 0 Å². The summed E-state index contributed by atoms with van der Waals surface area (Å²) in [6.45, 7) is 0.529. The van der Waals surface area contributed by atoms with E-state index in [9.17, 15) is 17.6 Å². The molecule has 0 saturated carbocycles. The molecule has 0 atom stereocenters. The van der Waals surface area contributed by atoms with Crippen molar-refractivity contribution in [1.82, 2.24) is 0 Å². The van der Waals surface area contributed by atoms with Gasteiger partial charge in [0.2, 0.25) is 0 Å². The molecule has 96 valence electrons. The molecule has 2 N–H and O–H groups in total. The number of rotatable bonds is 6. The van der Waals surface area contributed by atoms with Gasteiger partial charge in [0.25, 0.3) is 0 Å². The Morgan fingerprint density at radius 1 is 1.18 bits per heavy atom. The van der Waals surface area contributed by atoms with Crippen LogP contribution in [0.15, 0.2) is 24.3 Å². The van der Waals surface area contributed by atoms with Gasteiger partial charge in [-0.15, -0.1) is 0 Å². The maximum absolute atomic E-state index is 12.5. The average molecular weight is 251 g/mol. The van der Waals surface area contributed by atoms with E-state index >= 15 is 0 Å². The van der Waals surface area contributed by atoms with E-state index in [1.807, 2.05) is 0 Å². The third kappa shape index (κ3) is 4.22.